The number of hydrogen-bond donors (Lipinski definition) is 1. The Kier molecular flexibility index (Phi) is 5.36. The van der Waals surface area contributed by atoms with Crippen LogP contribution >= 0.6 is 0 Å². The van der Waals surface area contributed by atoms with Crippen molar-refractivity contribution in [1.29, 1.82) is 0 Å². The molecular weight excluding hydrogens is 246 g/mol. The van der Waals surface area contributed by atoms with Gasteiger partial charge in [-0.1, -0.05) is 29.8 Å². The van der Waals surface area contributed by atoms with E-state index in [4.69, 9.17) is 0 Å². The average Bonchev–Trinajstić information content (AvgIpc) is 2.86. The van der Waals surface area contributed by atoms with E-state index in [2.05, 4.69) is 60.2 Å². The van der Waals surface area contributed by atoms with E-state index in [-0.39, 0.29) is 0 Å². The normalized spacial score (nSPS) is 12.6. The fourth-order valence-corrected chi connectivity index (χ4v) is 2.47. The lowest BCUT2D eigenvalue weighted by Gasteiger charge is -2.16. The Labute approximate surface area is 122 Å². The third-order valence-corrected chi connectivity index (χ3v) is 3.95. The quantitative estimate of drug-likeness (QED) is 0.839. The maximum Gasteiger partial charge on any atom is 0.108 e. The molecule has 1 aromatic heterocycles. The highest BCUT2D eigenvalue weighted by molar-refractivity contribution is 5.21. The van der Waals surface area contributed by atoms with Crippen LogP contribution in [0.15, 0.2) is 36.7 Å². The summed E-state index contributed by atoms with van der Waals surface area (Å²) in [5, 5.41) is 3.43. The van der Waals surface area contributed by atoms with Crippen molar-refractivity contribution in [2.75, 3.05) is 7.05 Å². The smallest absolute Gasteiger partial charge is 0.108 e. The predicted molar refractivity (Wildman–Crippen MR) is 83.9 cm³/mol. The van der Waals surface area contributed by atoms with Gasteiger partial charge in [-0.2, -0.15) is 0 Å². The van der Waals surface area contributed by atoms with Gasteiger partial charge in [-0.25, -0.2) is 4.98 Å². The second kappa shape index (κ2) is 7.25. The Morgan fingerprint density at radius 2 is 1.85 bits per heavy atom. The molecule has 3 nitrogen and oxygen atoms in total. The topological polar surface area (TPSA) is 29.9 Å². The van der Waals surface area contributed by atoms with Gasteiger partial charge in [0.15, 0.2) is 0 Å². The number of aryl methyl sites for hydroxylation is 4. The first-order valence-electron chi connectivity index (χ1n) is 7.38. The summed E-state index contributed by atoms with van der Waals surface area (Å²) in [4.78, 5) is 4.39. The van der Waals surface area contributed by atoms with Gasteiger partial charge in [0.2, 0.25) is 0 Å². The number of aromatic nitrogens is 2. The molecule has 0 saturated carbocycles. The molecule has 3 heteroatoms. The van der Waals surface area contributed by atoms with E-state index in [1.54, 1.807) is 0 Å². The van der Waals surface area contributed by atoms with Gasteiger partial charge in [-0.15, -0.1) is 0 Å². The molecule has 0 aliphatic carbocycles. The second-order valence-electron chi connectivity index (χ2n) is 5.50. The van der Waals surface area contributed by atoms with Crippen molar-refractivity contribution >= 4 is 0 Å². The highest BCUT2D eigenvalue weighted by Crippen LogP contribution is 2.11. The van der Waals surface area contributed by atoms with Crippen molar-refractivity contribution in [3.63, 3.8) is 0 Å². The minimum absolute atomic E-state index is 0.549. The monoisotopic (exact) mass is 271 g/mol. The molecule has 1 N–H and O–H groups in total. The average molecular weight is 271 g/mol. The van der Waals surface area contributed by atoms with Crippen LogP contribution in [0.5, 0.6) is 0 Å². The lowest BCUT2D eigenvalue weighted by Crippen LogP contribution is -2.26. The molecule has 1 heterocycles. The summed E-state index contributed by atoms with van der Waals surface area (Å²) < 4.78 is 2.10. The molecule has 0 bridgehead atoms. The fourth-order valence-electron chi connectivity index (χ4n) is 2.47. The molecule has 0 radical (unpaired) electrons. The zero-order valence-corrected chi connectivity index (χ0v) is 12.8. The van der Waals surface area contributed by atoms with Crippen molar-refractivity contribution in [3.8, 4) is 0 Å². The van der Waals surface area contributed by atoms with Crippen molar-refractivity contribution in [3.05, 3.63) is 53.6 Å². The van der Waals surface area contributed by atoms with Crippen LogP contribution in [0, 0.1) is 6.92 Å². The van der Waals surface area contributed by atoms with Gasteiger partial charge in [0.25, 0.3) is 0 Å². The summed E-state index contributed by atoms with van der Waals surface area (Å²) in [7, 11) is 4.11. The molecule has 1 aromatic carbocycles. The molecular formula is C17H25N3. The molecule has 0 saturated heterocycles. The maximum atomic E-state index is 4.39. The molecule has 2 rings (SSSR count). The van der Waals surface area contributed by atoms with Gasteiger partial charge in [-0.05, 0) is 38.8 Å². The van der Waals surface area contributed by atoms with Gasteiger partial charge >= 0.3 is 0 Å². The minimum atomic E-state index is 0.549. The van der Waals surface area contributed by atoms with E-state index in [1.165, 1.54) is 23.4 Å². The zero-order valence-electron chi connectivity index (χ0n) is 12.8. The third-order valence-electron chi connectivity index (χ3n) is 3.95. The van der Waals surface area contributed by atoms with Gasteiger partial charge in [-0.3, -0.25) is 0 Å². The molecule has 0 fully saturated rings. The number of benzene rings is 1. The first-order chi connectivity index (χ1) is 9.69. The van der Waals surface area contributed by atoms with Crippen LogP contribution in [0.4, 0.5) is 0 Å². The van der Waals surface area contributed by atoms with E-state index in [0.29, 0.717) is 6.04 Å². The van der Waals surface area contributed by atoms with Crippen molar-refractivity contribution in [2.45, 2.75) is 38.6 Å². The molecule has 20 heavy (non-hydrogen) atoms. The predicted octanol–water partition coefficient (Wildman–Crippen LogP) is 2.88. The third kappa shape index (κ3) is 4.20. The molecule has 108 valence electrons. The SMILES string of the molecule is CNC(CCc1ccc(C)cc1)CCc1nccn1C. The van der Waals surface area contributed by atoms with E-state index < -0.39 is 0 Å². The second-order valence-corrected chi connectivity index (χ2v) is 5.50. The molecule has 1 atom stereocenters. The number of nitrogens with one attached hydrogen (secondary N) is 1. The first kappa shape index (κ1) is 14.8. The lowest BCUT2D eigenvalue weighted by molar-refractivity contribution is 0.481. The van der Waals surface area contributed by atoms with Crippen molar-refractivity contribution in [2.24, 2.45) is 7.05 Å². The van der Waals surface area contributed by atoms with Gasteiger partial charge in [0, 0.05) is 31.9 Å². The number of nitrogens with zero attached hydrogens (tertiary/aromatic N) is 2. The van der Waals surface area contributed by atoms with Crippen LogP contribution in [-0.4, -0.2) is 22.6 Å². The summed E-state index contributed by atoms with van der Waals surface area (Å²) in [5.74, 6) is 1.17. The zero-order chi connectivity index (χ0) is 14.4. The van der Waals surface area contributed by atoms with Gasteiger partial charge < -0.3 is 9.88 Å². The Hall–Kier alpha value is -1.61. The van der Waals surface area contributed by atoms with E-state index >= 15 is 0 Å². The van der Waals surface area contributed by atoms with Crippen LogP contribution in [0.1, 0.15) is 29.8 Å². The van der Waals surface area contributed by atoms with Gasteiger partial charge in [0.1, 0.15) is 5.82 Å². The highest BCUT2D eigenvalue weighted by atomic mass is 15.0. The molecule has 0 spiro atoms. The molecule has 0 amide bonds. The summed E-state index contributed by atoms with van der Waals surface area (Å²) in [5.41, 5.74) is 2.75. The van der Waals surface area contributed by atoms with Crippen LogP contribution in [0.2, 0.25) is 0 Å². The van der Waals surface area contributed by atoms with Crippen LogP contribution in [0.25, 0.3) is 0 Å². The van der Waals surface area contributed by atoms with Gasteiger partial charge in [0.05, 0.1) is 0 Å². The maximum absolute atomic E-state index is 4.39. The summed E-state index contributed by atoms with van der Waals surface area (Å²) >= 11 is 0. The lowest BCUT2D eigenvalue weighted by atomic mass is 10.0. The summed E-state index contributed by atoms with van der Waals surface area (Å²) in [6.45, 7) is 2.13. The molecule has 1 unspecified atom stereocenters. The van der Waals surface area contributed by atoms with Crippen LogP contribution in [-0.2, 0) is 19.9 Å². The largest absolute Gasteiger partial charge is 0.338 e. The summed E-state index contributed by atoms with van der Waals surface area (Å²) in [6.07, 6.45) is 8.35. The van der Waals surface area contributed by atoms with Crippen LogP contribution < -0.4 is 5.32 Å². The number of rotatable bonds is 7. The molecule has 2 aromatic rings. The minimum Gasteiger partial charge on any atom is -0.338 e. The highest BCUT2D eigenvalue weighted by Gasteiger charge is 2.08. The Morgan fingerprint density at radius 3 is 2.45 bits per heavy atom. The van der Waals surface area contributed by atoms with E-state index in [0.717, 1.165) is 19.3 Å². The molecule has 0 aliphatic rings. The Bertz CT molecular complexity index is 513. The fraction of sp³-hybridized carbons (Fsp3) is 0.471. The standard InChI is InChI=1S/C17H25N3/c1-14-4-6-15(7-5-14)8-9-16(18-2)10-11-17-19-12-13-20(17)3/h4-7,12-13,16,18H,8-11H2,1-3H3. The number of hydrogen-bond acceptors (Lipinski definition) is 2. The van der Waals surface area contributed by atoms with Crippen LogP contribution in [0.3, 0.4) is 0 Å². The van der Waals surface area contributed by atoms with E-state index in [1.807, 2.05) is 12.4 Å². The van der Waals surface area contributed by atoms with Crippen molar-refractivity contribution in [1.82, 2.24) is 14.9 Å². The Morgan fingerprint density at radius 1 is 1.15 bits per heavy atom. The summed E-state index contributed by atoms with van der Waals surface area (Å²) in [6, 6.07) is 9.41. The first-order valence-corrected chi connectivity index (χ1v) is 7.38. The number of imidazole rings is 1. The van der Waals surface area contributed by atoms with E-state index in [9.17, 15) is 0 Å². The van der Waals surface area contributed by atoms with Crippen molar-refractivity contribution < 1.29 is 0 Å². The Balaban J connectivity index is 1.80. The molecule has 0 aliphatic heterocycles.